The number of fused-ring (bicyclic) bond motifs is 7. The normalized spacial score (nSPS) is 15.8. The third-order valence-electron chi connectivity index (χ3n) is 12.6. The third kappa shape index (κ3) is 8.00. The van der Waals surface area contributed by atoms with E-state index in [1.165, 1.54) is 107 Å². The van der Waals surface area contributed by atoms with E-state index in [2.05, 4.69) is 197 Å². The summed E-state index contributed by atoms with van der Waals surface area (Å²) in [5.41, 5.74) is 24.5. The predicted molar refractivity (Wildman–Crippen MR) is 254 cm³/mol. The maximum absolute atomic E-state index is 2.48. The van der Waals surface area contributed by atoms with Crippen molar-refractivity contribution >= 4 is 11.1 Å². The van der Waals surface area contributed by atoms with Crippen molar-refractivity contribution in [3.05, 3.63) is 237 Å². The Balaban J connectivity index is 0.000000637. The molecule has 4 aliphatic carbocycles. The van der Waals surface area contributed by atoms with Crippen LogP contribution in [0.1, 0.15) is 104 Å². The van der Waals surface area contributed by atoms with Gasteiger partial charge in [0.05, 0.1) is 0 Å². The number of hydrogen-bond donors (Lipinski definition) is 0. The second-order valence-corrected chi connectivity index (χ2v) is 16.3. The van der Waals surface area contributed by atoms with E-state index in [0.717, 1.165) is 25.7 Å². The third-order valence-corrected chi connectivity index (χ3v) is 12.6. The number of rotatable bonds is 8. The maximum atomic E-state index is 2.48. The largest absolute Gasteiger partial charge is 0.354 e. The van der Waals surface area contributed by atoms with E-state index in [9.17, 15) is 0 Å². The SMILES string of the molecule is C/C=C\C(C)=C/C.Cc1ccc(C(C)c2ccc3c(c2)C(=C2c4ccccc4-c4ccccc42)c2ccccc2-3)cc1C/C=C\C=C/N(C)C1=C2C=CCCC2=CCC1. The second kappa shape index (κ2) is 17.8. The molecule has 0 amide bonds. The molecule has 1 heteroatoms. The van der Waals surface area contributed by atoms with E-state index in [0.29, 0.717) is 0 Å². The van der Waals surface area contributed by atoms with Crippen LogP contribution in [0, 0.1) is 6.92 Å². The molecule has 9 rings (SSSR count). The average molecular weight is 768 g/mol. The Morgan fingerprint density at radius 1 is 0.678 bits per heavy atom. The van der Waals surface area contributed by atoms with Crippen LogP contribution in [0.3, 0.4) is 0 Å². The van der Waals surface area contributed by atoms with Crippen LogP contribution in [0.2, 0.25) is 0 Å². The molecule has 0 aromatic heterocycles. The maximum Gasteiger partial charge on any atom is 0.0249 e. The Labute approximate surface area is 353 Å². The summed E-state index contributed by atoms with van der Waals surface area (Å²) in [4.78, 5) is 2.32. The highest BCUT2D eigenvalue weighted by molar-refractivity contribution is 6.18. The molecule has 0 bridgehead atoms. The van der Waals surface area contributed by atoms with Gasteiger partial charge in [-0.15, -0.1) is 0 Å². The Bertz CT molecular complexity index is 2600. The zero-order valence-corrected chi connectivity index (χ0v) is 35.7. The van der Waals surface area contributed by atoms with Crippen molar-refractivity contribution < 1.29 is 0 Å². The minimum absolute atomic E-state index is 0.262. The van der Waals surface area contributed by atoms with Gasteiger partial charge < -0.3 is 4.90 Å². The molecule has 1 nitrogen and oxygen atoms in total. The van der Waals surface area contributed by atoms with Crippen molar-refractivity contribution in [1.82, 2.24) is 4.90 Å². The highest BCUT2D eigenvalue weighted by atomic mass is 15.1. The molecular weight excluding hydrogens is 711 g/mol. The molecular formula is C58H57N. The highest BCUT2D eigenvalue weighted by Crippen LogP contribution is 2.54. The van der Waals surface area contributed by atoms with Crippen molar-refractivity contribution in [2.75, 3.05) is 7.05 Å². The molecule has 0 aliphatic heterocycles. The van der Waals surface area contributed by atoms with E-state index in [-0.39, 0.29) is 5.92 Å². The molecule has 1 atom stereocenters. The standard InChI is InChI=1S/C51H45N.C7H12/c1-34-27-28-38(32-37(34)17-5-4-14-31-52(3)49-26-15-18-36-16-6-7-19-40(36)49)35(2)39-29-30-44-43-22-10-13-25-47(43)51(48(44)33-39)50-45-23-11-8-20-41(45)42-21-9-12-24-46(42)50;1-4-6-7(3)5-2/h4-5,7-14,18-25,27-33,35H,6,15-17,26H2,1-3H3;4-6H,1-3H3/b5-4-,31-14-;6-4-,7-5-. The molecule has 59 heavy (non-hydrogen) atoms. The minimum Gasteiger partial charge on any atom is -0.354 e. The molecule has 4 aliphatic rings. The monoisotopic (exact) mass is 767 g/mol. The summed E-state index contributed by atoms with van der Waals surface area (Å²) in [7, 11) is 2.19. The first-order valence-electron chi connectivity index (χ1n) is 21.6. The zero-order valence-electron chi connectivity index (χ0n) is 35.7. The second-order valence-electron chi connectivity index (χ2n) is 16.3. The Kier molecular flexibility index (Phi) is 11.9. The van der Waals surface area contributed by atoms with Crippen LogP contribution in [-0.2, 0) is 6.42 Å². The smallest absolute Gasteiger partial charge is 0.0249 e. The lowest BCUT2D eigenvalue weighted by Crippen LogP contribution is -2.16. The van der Waals surface area contributed by atoms with Gasteiger partial charge in [0.25, 0.3) is 0 Å². The molecule has 5 aromatic rings. The average Bonchev–Trinajstić information content (AvgIpc) is 3.78. The van der Waals surface area contributed by atoms with Crippen molar-refractivity contribution in [2.24, 2.45) is 0 Å². The molecule has 0 N–H and O–H groups in total. The van der Waals surface area contributed by atoms with Crippen LogP contribution in [0.5, 0.6) is 0 Å². The van der Waals surface area contributed by atoms with Gasteiger partial charge in [-0.25, -0.2) is 0 Å². The number of benzene rings is 5. The summed E-state index contributed by atoms with van der Waals surface area (Å²) in [5, 5.41) is 0. The van der Waals surface area contributed by atoms with Gasteiger partial charge in [0, 0.05) is 24.9 Å². The van der Waals surface area contributed by atoms with Crippen LogP contribution in [0.4, 0.5) is 0 Å². The van der Waals surface area contributed by atoms with Gasteiger partial charge in [-0.2, -0.15) is 0 Å². The van der Waals surface area contributed by atoms with E-state index in [1.54, 1.807) is 0 Å². The first-order valence-corrected chi connectivity index (χ1v) is 21.6. The molecule has 0 heterocycles. The fourth-order valence-corrected chi connectivity index (χ4v) is 9.24. The van der Waals surface area contributed by atoms with Crippen LogP contribution >= 0.6 is 0 Å². The summed E-state index contributed by atoms with van der Waals surface area (Å²) in [6, 6.07) is 41.1. The first kappa shape index (κ1) is 39.6. The molecule has 0 saturated heterocycles. The van der Waals surface area contributed by atoms with Crippen molar-refractivity contribution in [2.45, 2.75) is 72.6 Å². The molecule has 0 fully saturated rings. The number of allylic oxidation sites excluding steroid dienone is 13. The lowest BCUT2D eigenvalue weighted by atomic mass is 9.86. The van der Waals surface area contributed by atoms with Gasteiger partial charge in [0.15, 0.2) is 0 Å². The fraction of sp³-hybridized carbons (Fsp3) is 0.207. The van der Waals surface area contributed by atoms with Crippen molar-refractivity contribution in [1.29, 1.82) is 0 Å². The molecule has 5 aromatic carbocycles. The lowest BCUT2D eigenvalue weighted by molar-refractivity contribution is 0.527. The van der Waals surface area contributed by atoms with Crippen LogP contribution in [0.25, 0.3) is 33.4 Å². The summed E-state index contributed by atoms with van der Waals surface area (Å²) < 4.78 is 0. The summed E-state index contributed by atoms with van der Waals surface area (Å²) in [6.45, 7) is 10.7. The lowest BCUT2D eigenvalue weighted by Gasteiger charge is -2.27. The van der Waals surface area contributed by atoms with E-state index >= 15 is 0 Å². The Morgan fingerprint density at radius 2 is 1.27 bits per heavy atom. The number of hydrogen-bond acceptors (Lipinski definition) is 1. The van der Waals surface area contributed by atoms with E-state index < -0.39 is 0 Å². The van der Waals surface area contributed by atoms with Crippen molar-refractivity contribution in [3.8, 4) is 22.3 Å². The van der Waals surface area contributed by atoms with Gasteiger partial charge >= 0.3 is 0 Å². The Morgan fingerprint density at radius 3 is 1.90 bits per heavy atom. The number of nitrogens with zero attached hydrogens (tertiary/aromatic N) is 1. The van der Waals surface area contributed by atoms with Gasteiger partial charge in [-0.3, -0.25) is 0 Å². The van der Waals surface area contributed by atoms with Gasteiger partial charge in [-0.1, -0.05) is 164 Å². The molecule has 0 radical (unpaired) electrons. The highest BCUT2D eigenvalue weighted by Gasteiger charge is 2.32. The summed E-state index contributed by atoms with van der Waals surface area (Å²) in [5.74, 6) is 0.262. The summed E-state index contributed by atoms with van der Waals surface area (Å²) >= 11 is 0. The quantitative estimate of drug-likeness (QED) is 0.139. The molecule has 1 unspecified atom stereocenters. The first-order chi connectivity index (χ1) is 28.9. The fourth-order valence-electron chi connectivity index (χ4n) is 9.24. The van der Waals surface area contributed by atoms with Crippen LogP contribution in [-0.4, -0.2) is 11.9 Å². The zero-order chi connectivity index (χ0) is 40.9. The van der Waals surface area contributed by atoms with Gasteiger partial charge in [0.2, 0.25) is 0 Å². The van der Waals surface area contributed by atoms with E-state index in [4.69, 9.17) is 0 Å². The van der Waals surface area contributed by atoms with Crippen LogP contribution in [0.15, 0.2) is 192 Å². The van der Waals surface area contributed by atoms with E-state index in [1.807, 2.05) is 19.9 Å². The van der Waals surface area contributed by atoms with Crippen molar-refractivity contribution in [3.63, 3.8) is 0 Å². The van der Waals surface area contributed by atoms with Gasteiger partial charge in [0.1, 0.15) is 0 Å². The minimum atomic E-state index is 0.262. The Hall–Kier alpha value is -6.18. The molecule has 294 valence electrons. The molecule has 0 saturated carbocycles. The number of aryl methyl sites for hydroxylation is 1. The predicted octanol–water partition coefficient (Wildman–Crippen LogP) is 15.5. The van der Waals surface area contributed by atoms with Gasteiger partial charge in [-0.05, 0) is 161 Å². The molecule has 0 spiro atoms. The summed E-state index contributed by atoms with van der Waals surface area (Å²) in [6.07, 6.45) is 27.7. The topological polar surface area (TPSA) is 3.24 Å². The van der Waals surface area contributed by atoms with Crippen LogP contribution < -0.4 is 0 Å².